The van der Waals surface area contributed by atoms with E-state index in [1.54, 1.807) is 6.20 Å². The molecule has 0 aliphatic rings. The summed E-state index contributed by atoms with van der Waals surface area (Å²) in [7, 11) is 0. The van der Waals surface area contributed by atoms with Crippen molar-refractivity contribution in [1.82, 2.24) is 9.97 Å². The van der Waals surface area contributed by atoms with Crippen LogP contribution in [0.1, 0.15) is 5.56 Å². The molecule has 1 aromatic heterocycles. The summed E-state index contributed by atoms with van der Waals surface area (Å²) in [4.78, 5) is 29.8. The molecule has 5 heteroatoms. The predicted octanol–water partition coefficient (Wildman–Crippen LogP) is 1.21. The summed E-state index contributed by atoms with van der Waals surface area (Å²) in [6.45, 7) is 0.257. The molecule has 2 aromatic rings. The van der Waals surface area contributed by atoms with E-state index >= 15 is 0 Å². The number of aromatic amines is 2. The molecule has 0 saturated carbocycles. The number of aromatic nitrogens is 2. The van der Waals surface area contributed by atoms with Crippen molar-refractivity contribution < 1.29 is 4.79 Å². The van der Waals surface area contributed by atoms with Crippen molar-refractivity contribution in [1.29, 1.82) is 0 Å². The van der Waals surface area contributed by atoms with E-state index in [0.717, 1.165) is 11.1 Å². The van der Waals surface area contributed by atoms with Gasteiger partial charge >= 0.3 is 5.69 Å². The van der Waals surface area contributed by atoms with Gasteiger partial charge in [-0.05, 0) is 5.56 Å². The van der Waals surface area contributed by atoms with Crippen LogP contribution in [0, 0.1) is 0 Å². The third-order valence-corrected chi connectivity index (χ3v) is 2.22. The zero-order valence-corrected chi connectivity index (χ0v) is 8.36. The first-order valence-electron chi connectivity index (χ1n) is 4.71. The molecule has 0 unspecified atom stereocenters. The smallest absolute Gasteiger partial charge is 0.312 e. The third kappa shape index (κ3) is 1.99. The van der Waals surface area contributed by atoms with Gasteiger partial charge in [-0.15, -0.1) is 0 Å². The molecule has 0 spiro atoms. The Morgan fingerprint density at radius 1 is 1.31 bits per heavy atom. The highest BCUT2D eigenvalue weighted by atomic mass is 16.1. The molecule has 1 aromatic carbocycles. The maximum atomic E-state index is 11.0. The van der Waals surface area contributed by atoms with Gasteiger partial charge in [0, 0.05) is 11.8 Å². The SMILES string of the molecule is O=C=NCc1ccccc1-c1c[nH]c(=O)[nH]1. The maximum Gasteiger partial charge on any atom is 0.323 e. The minimum absolute atomic E-state index is 0.257. The number of aliphatic imine (C=N–C) groups is 1. The number of benzene rings is 1. The van der Waals surface area contributed by atoms with Crippen LogP contribution in [-0.2, 0) is 11.3 Å². The van der Waals surface area contributed by atoms with Crippen LogP contribution in [0.4, 0.5) is 0 Å². The van der Waals surface area contributed by atoms with Crippen LogP contribution in [0.3, 0.4) is 0 Å². The van der Waals surface area contributed by atoms with Crippen LogP contribution in [-0.4, -0.2) is 16.0 Å². The molecular formula is C11H9N3O2. The second-order valence-electron chi connectivity index (χ2n) is 3.22. The van der Waals surface area contributed by atoms with Gasteiger partial charge in [-0.1, -0.05) is 24.3 Å². The second-order valence-corrected chi connectivity index (χ2v) is 3.22. The lowest BCUT2D eigenvalue weighted by atomic mass is 10.1. The molecule has 0 radical (unpaired) electrons. The van der Waals surface area contributed by atoms with Gasteiger partial charge < -0.3 is 9.97 Å². The van der Waals surface area contributed by atoms with Crippen molar-refractivity contribution in [2.75, 3.05) is 0 Å². The Labute approximate surface area is 90.9 Å². The largest absolute Gasteiger partial charge is 0.323 e. The first-order chi connectivity index (χ1) is 7.81. The van der Waals surface area contributed by atoms with Crippen molar-refractivity contribution in [3.05, 3.63) is 46.5 Å². The van der Waals surface area contributed by atoms with Crippen molar-refractivity contribution in [2.45, 2.75) is 6.54 Å². The Morgan fingerprint density at radius 2 is 2.12 bits per heavy atom. The van der Waals surface area contributed by atoms with Gasteiger partial charge in [0.25, 0.3) is 0 Å². The Bertz CT molecular complexity index is 591. The molecule has 16 heavy (non-hydrogen) atoms. The fraction of sp³-hybridized carbons (Fsp3) is 0.0909. The summed E-state index contributed by atoms with van der Waals surface area (Å²) in [6, 6.07) is 7.41. The van der Waals surface area contributed by atoms with Gasteiger partial charge in [-0.25, -0.2) is 14.6 Å². The van der Waals surface area contributed by atoms with Crippen molar-refractivity contribution in [2.24, 2.45) is 4.99 Å². The Morgan fingerprint density at radius 3 is 2.81 bits per heavy atom. The summed E-state index contributed by atoms with van der Waals surface area (Å²) >= 11 is 0. The van der Waals surface area contributed by atoms with Gasteiger partial charge in [0.1, 0.15) is 0 Å². The lowest BCUT2D eigenvalue weighted by molar-refractivity contribution is 0.563. The minimum Gasteiger partial charge on any atom is -0.312 e. The Balaban J connectivity index is 2.47. The summed E-state index contributed by atoms with van der Waals surface area (Å²) in [6.07, 6.45) is 3.08. The average Bonchev–Trinajstić information content (AvgIpc) is 2.73. The topological polar surface area (TPSA) is 78.1 Å². The minimum atomic E-state index is -0.260. The van der Waals surface area contributed by atoms with Crippen molar-refractivity contribution in [3.63, 3.8) is 0 Å². The molecule has 0 bridgehead atoms. The van der Waals surface area contributed by atoms with E-state index < -0.39 is 0 Å². The van der Waals surface area contributed by atoms with Crippen LogP contribution in [0.15, 0.2) is 40.2 Å². The fourth-order valence-corrected chi connectivity index (χ4v) is 1.52. The maximum absolute atomic E-state index is 11.0. The Hall–Kier alpha value is -2.39. The molecule has 0 amide bonds. The number of H-pyrrole nitrogens is 2. The number of nitrogens with one attached hydrogen (secondary N) is 2. The average molecular weight is 215 g/mol. The molecule has 2 N–H and O–H groups in total. The quantitative estimate of drug-likeness (QED) is 0.596. The van der Waals surface area contributed by atoms with Crippen LogP contribution in [0.5, 0.6) is 0 Å². The highest BCUT2D eigenvalue weighted by Gasteiger charge is 2.05. The van der Waals surface area contributed by atoms with Gasteiger partial charge in [0.15, 0.2) is 0 Å². The lowest BCUT2D eigenvalue weighted by Crippen LogP contribution is -2.00. The number of nitrogens with zero attached hydrogens (tertiary/aromatic N) is 1. The van der Waals surface area contributed by atoms with Crippen LogP contribution in [0.25, 0.3) is 11.3 Å². The predicted molar refractivity (Wildman–Crippen MR) is 58.7 cm³/mol. The third-order valence-electron chi connectivity index (χ3n) is 2.22. The van der Waals surface area contributed by atoms with Gasteiger partial charge in [-0.3, -0.25) is 0 Å². The van der Waals surface area contributed by atoms with E-state index in [4.69, 9.17) is 0 Å². The number of hydrogen-bond acceptors (Lipinski definition) is 3. The number of imidazole rings is 1. The zero-order valence-electron chi connectivity index (χ0n) is 8.36. The van der Waals surface area contributed by atoms with Crippen molar-refractivity contribution in [3.8, 4) is 11.3 Å². The second kappa shape index (κ2) is 4.42. The molecule has 5 nitrogen and oxygen atoms in total. The zero-order chi connectivity index (χ0) is 11.4. The monoisotopic (exact) mass is 215 g/mol. The van der Waals surface area contributed by atoms with E-state index in [9.17, 15) is 9.59 Å². The fourth-order valence-electron chi connectivity index (χ4n) is 1.52. The standard InChI is InChI=1S/C11H9N3O2/c15-7-12-5-8-3-1-2-4-9(8)10-6-13-11(16)14-10/h1-4,6H,5H2,(H2,13,14,16). The molecular weight excluding hydrogens is 206 g/mol. The van der Waals surface area contributed by atoms with E-state index in [2.05, 4.69) is 15.0 Å². The molecule has 0 aliphatic heterocycles. The van der Waals surface area contributed by atoms with Gasteiger partial charge in [0.05, 0.1) is 12.2 Å². The molecule has 0 fully saturated rings. The Kier molecular flexibility index (Phi) is 2.80. The molecule has 0 aliphatic carbocycles. The van der Waals surface area contributed by atoms with E-state index in [0.29, 0.717) is 5.69 Å². The summed E-state index contributed by atoms with van der Waals surface area (Å²) < 4.78 is 0. The molecule has 1 heterocycles. The van der Waals surface area contributed by atoms with Gasteiger partial charge in [-0.2, -0.15) is 0 Å². The highest BCUT2D eigenvalue weighted by Crippen LogP contribution is 2.20. The number of hydrogen-bond donors (Lipinski definition) is 2. The summed E-state index contributed by atoms with van der Waals surface area (Å²) in [5.74, 6) is 0. The first kappa shape index (κ1) is 10.1. The van der Waals surface area contributed by atoms with Crippen LogP contribution >= 0.6 is 0 Å². The molecule has 2 rings (SSSR count). The van der Waals surface area contributed by atoms with Crippen molar-refractivity contribution >= 4 is 6.08 Å². The van der Waals surface area contributed by atoms with Crippen LogP contribution < -0.4 is 5.69 Å². The van der Waals surface area contributed by atoms with E-state index in [-0.39, 0.29) is 12.2 Å². The summed E-state index contributed by atoms with van der Waals surface area (Å²) in [5.41, 5.74) is 2.13. The lowest BCUT2D eigenvalue weighted by Gasteiger charge is -2.03. The summed E-state index contributed by atoms with van der Waals surface area (Å²) in [5, 5.41) is 0. The first-order valence-corrected chi connectivity index (χ1v) is 4.71. The highest BCUT2D eigenvalue weighted by molar-refractivity contribution is 5.62. The number of rotatable bonds is 3. The van der Waals surface area contributed by atoms with Gasteiger partial charge in [0.2, 0.25) is 6.08 Å². The number of isocyanates is 1. The molecule has 0 saturated heterocycles. The number of carbonyl (C=O) groups excluding carboxylic acids is 1. The van der Waals surface area contributed by atoms with E-state index in [1.807, 2.05) is 24.3 Å². The molecule has 80 valence electrons. The van der Waals surface area contributed by atoms with E-state index in [1.165, 1.54) is 6.08 Å². The molecule has 0 atom stereocenters. The van der Waals surface area contributed by atoms with Crippen LogP contribution in [0.2, 0.25) is 0 Å². The normalized spacial score (nSPS) is 9.75.